The quantitative estimate of drug-likeness (QED) is 0.436. The maximum atomic E-state index is 12.3. The van der Waals surface area contributed by atoms with Crippen LogP contribution in [0.1, 0.15) is 34.1 Å². The van der Waals surface area contributed by atoms with E-state index < -0.39 is 47.5 Å². The second-order valence-corrected chi connectivity index (χ2v) is 7.02. The Balaban J connectivity index is 2.09. The Bertz CT molecular complexity index is 709. The molecule has 2 fully saturated rings. The number of carbonyl (C=O) groups excluding carboxylic acids is 4. The fraction of sp³-hybridized carbons (Fsp3) is 0.556. The number of hydrogen-bond donors (Lipinski definition) is 0. The first-order valence-corrected chi connectivity index (χ1v) is 8.08. The van der Waals surface area contributed by atoms with Crippen molar-refractivity contribution in [3.8, 4) is 0 Å². The second-order valence-electron chi connectivity index (χ2n) is 7.02. The summed E-state index contributed by atoms with van der Waals surface area (Å²) in [6.07, 6.45) is 1.91. The maximum absolute atomic E-state index is 12.3. The van der Waals surface area contributed by atoms with Crippen LogP contribution in [0.5, 0.6) is 0 Å². The molecule has 5 unspecified atom stereocenters. The van der Waals surface area contributed by atoms with Crippen LogP contribution < -0.4 is 0 Å². The highest BCUT2D eigenvalue weighted by atomic mass is 16.6. The molecule has 2 heterocycles. The number of carbonyl (C=O) groups is 4. The first kappa shape index (κ1) is 16.6. The van der Waals surface area contributed by atoms with Gasteiger partial charge < -0.3 is 9.47 Å². The summed E-state index contributed by atoms with van der Waals surface area (Å²) in [6.45, 7) is 7.48. The van der Waals surface area contributed by atoms with E-state index in [-0.39, 0.29) is 12.3 Å². The van der Waals surface area contributed by atoms with Gasteiger partial charge in [-0.3, -0.25) is 19.2 Å². The Morgan fingerprint density at radius 1 is 1.00 bits per heavy atom. The van der Waals surface area contributed by atoms with Crippen molar-refractivity contribution in [3.05, 3.63) is 22.8 Å². The van der Waals surface area contributed by atoms with Gasteiger partial charge in [-0.15, -0.1) is 0 Å². The van der Waals surface area contributed by atoms with Gasteiger partial charge in [0.2, 0.25) is 0 Å². The molecule has 6 heteroatoms. The topological polar surface area (TPSA) is 86.7 Å². The summed E-state index contributed by atoms with van der Waals surface area (Å²) in [7, 11) is 0. The smallest absolute Gasteiger partial charge is 0.321 e. The summed E-state index contributed by atoms with van der Waals surface area (Å²) >= 11 is 0. The molecule has 0 radical (unpaired) electrons. The molecular formula is C18H20O6. The Kier molecular flexibility index (Phi) is 3.94. The molecule has 2 saturated heterocycles. The van der Waals surface area contributed by atoms with Gasteiger partial charge in [0.05, 0.1) is 24.2 Å². The van der Waals surface area contributed by atoms with E-state index in [0.29, 0.717) is 5.57 Å². The molecule has 128 valence electrons. The summed E-state index contributed by atoms with van der Waals surface area (Å²) < 4.78 is 9.57. The van der Waals surface area contributed by atoms with E-state index in [2.05, 4.69) is 4.74 Å². The lowest BCUT2D eigenvalue weighted by Gasteiger charge is -2.35. The first-order chi connectivity index (χ1) is 11.2. The second kappa shape index (κ2) is 5.69. The zero-order valence-corrected chi connectivity index (χ0v) is 14.1. The molecule has 0 aromatic rings. The average Bonchev–Trinajstić information content (AvgIpc) is 2.95. The average molecular weight is 332 g/mol. The zero-order valence-electron chi connectivity index (χ0n) is 14.1. The van der Waals surface area contributed by atoms with E-state index in [1.807, 2.05) is 33.8 Å². The Morgan fingerprint density at radius 3 is 2.17 bits per heavy atom. The molecule has 0 aromatic heterocycles. The van der Waals surface area contributed by atoms with Gasteiger partial charge >= 0.3 is 23.9 Å². The highest BCUT2D eigenvalue weighted by Gasteiger charge is 2.55. The molecule has 3 rings (SSSR count). The fourth-order valence-corrected chi connectivity index (χ4v) is 4.14. The summed E-state index contributed by atoms with van der Waals surface area (Å²) in [5.41, 5.74) is 2.52. The number of esters is 4. The number of ether oxygens (including phenoxy) is 2. The monoisotopic (exact) mass is 332 g/mol. The number of hydrogen-bond acceptors (Lipinski definition) is 6. The van der Waals surface area contributed by atoms with Crippen LogP contribution in [0.4, 0.5) is 0 Å². The van der Waals surface area contributed by atoms with E-state index in [4.69, 9.17) is 4.74 Å². The van der Waals surface area contributed by atoms with Gasteiger partial charge in [-0.25, -0.2) is 0 Å². The summed E-state index contributed by atoms with van der Waals surface area (Å²) in [5, 5.41) is 0. The number of cyclic esters (lactones) is 4. The van der Waals surface area contributed by atoms with E-state index >= 15 is 0 Å². The van der Waals surface area contributed by atoms with Crippen LogP contribution >= 0.6 is 0 Å². The van der Waals surface area contributed by atoms with Crippen LogP contribution in [0.3, 0.4) is 0 Å². The molecule has 0 amide bonds. The van der Waals surface area contributed by atoms with Crippen LogP contribution in [0.2, 0.25) is 0 Å². The molecule has 1 aliphatic carbocycles. The number of allylic oxidation sites excluding steroid dienone is 3. The zero-order chi connectivity index (χ0) is 17.8. The normalized spacial score (nSPS) is 35.3. The van der Waals surface area contributed by atoms with Gasteiger partial charge in [0.15, 0.2) is 0 Å². The van der Waals surface area contributed by atoms with Gasteiger partial charge in [-0.2, -0.15) is 0 Å². The first-order valence-electron chi connectivity index (χ1n) is 8.08. The molecule has 3 aliphatic rings. The van der Waals surface area contributed by atoms with Crippen molar-refractivity contribution < 1.29 is 28.7 Å². The minimum absolute atomic E-state index is 0.0291. The lowest BCUT2D eigenvalue weighted by molar-refractivity contribution is -0.155. The van der Waals surface area contributed by atoms with E-state index in [0.717, 1.165) is 11.1 Å². The van der Waals surface area contributed by atoms with Crippen molar-refractivity contribution in [2.45, 2.75) is 34.1 Å². The van der Waals surface area contributed by atoms with Gasteiger partial charge in [0, 0.05) is 5.92 Å². The van der Waals surface area contributed by atoms with Crippen molar-refractivity contribution in [2.24, 2.45) is 29.6 Å². The number of rotatable bonds is 2. The van der Waals surface area contributed by atoms with E-state index in [1.165, 1.54) is 0 Å². The van der Waals surface area contributed by atoms with Gasteiger partial charge in [-0.05, 0) is 32.3 Å². The lowest BCUT2D eigenvalue weighted by atomic mass is 9.64. The summed E-state index contributed by atoms with van der Waals surface area (Å²) in [6, 6.07) is 0. The molecular weight excluding hydrogens is 312 g/mol. The van der Waals surface area contributed by atoms with Gasteiger partial charge in [0.1, 0.15) is 0 Å². The van der Waals surface area contributed by atoms with Crippen LogP contribution in [0.15, 0.2) is 22.8 Å². The van der Waals surface area contributed by atoms with E-state index in [9.17, 15) is 19.2 Å². The standard InChI is InChI=1S/C18H20O6/c1-7(2)13(11-6-12(19)23-16(11)20)10-5-8(3)9(4)14-15(10)18(22)24-17(14)21/h5,9-11,14-15H,6H2,1-4H3. The third-order valence-corrected chi connectivity index (χ3v) is 5.40. The summed E-state index contributed by atoms with van der Waals surface area (Å²) in [4.78, 5) is 48.0. The van der Waals surface area contributed by atoms with Crippen LogP contribution in [-0.2, 0) is 28.7 Å². The third kappa shape index (κ3) is 2.41. The van der Waals surface area contributed by atoms with Gasteiger partial charge in [0.25, 0.3) is 0 Å². The van der Waals surface area contributed by atoms with Gasteiger partial charge in [-0.1, -0.05) is 24.1 Å². The molecule has 0 N–H and O–H groups in total. The fourth-order valence-electron chi connectivity index (χ4n) is 4.14. The molecule has 0 aromatic carbocycles. The Morgan fingerprint density at radius 2 is 1.62 bits per heavy atom. The minimum Gasteiger partial charge on any atom is -0.393 e. The predicted octanol–water partition coefficient (Wildman–Crippen LogP) is 1.94. The molecule has 2 aliphatic heterocycles. The minimum atomic E-state index is -0.700. The predicted molar refractivity (Wildman–Crippen MR) is 82.1 cm³/mol. The van der Waals surface area contributed by atoms with Crippen molar-refractivity contribution in [1.29, 1.82) is 0 Å². The Labute approximate surface area is 139 Å². The third-order valence-electron chi connectivity index (χ3n) is 5.40. The molecule has 0 spiro atoms. The summed E-state index contributed by atoms with van der Waals surface area (Å²) in [5.74, 6) is -4.63. The SMILES string of the molecule is CC1=CC(C(=C(C)C)C2CC(=O)OC2=O)C2C(=O)OC(=O)C2C1C. The van der Waals surface area contributed by atoms with Crippen LogP contribution in [0.25, 0.3) is 0 Å². The highest BCUT2D eigenvalue weighted by molar-refractivity contribution is 5.99. The van der Waals surface area contributed by atoms with Crippen molar-refractivity contribution in [2.75, 3.05) is 0 Å². The van der Waals surface area contributed by atoms with Crippen molar-refractivity contribution in [3.63, 3.8) is 0 Å². The molecule has 5 atom stereocenters. The van der Waals surface area contributed by atoms with Crippen molar-refractivity contribution >= 4 is 23.9 Å². The molecule has 24 heavy (non-hydrogen) atoms. The van der Waals surface area contributed by atoms with Crippen LogP contribution in [-0.4, -0.2) is 23.9 Å². The number of fused-ring (bicyclic) bond motifs is 1. The van der Waals surface area contributed by atoms with Crippen LogP contribution in [0, 0.1) is 29.6 Å². The highest BCUT2D eigenvalue weighted by Crippen LogP contribution is 2.48. The van der Waals surface area contributed by atoms with E-state index in [1.54, 1.807) is 0 Å². The lowest BCUT2D eigenvalue weighted by Crippen LogP contribution is -2.37. The van der Waals surface area contributed by atoms with Crippen molar-refractivity contribution in [1.82, 2.24) is 0 Å². The molecule has 6 nitrogen and oxygen atoms in total. The molecule has 0 saturated carbocycles. The Hall–Kier alpha value is -2.24. The maximum Gasteiger partial charge on any atom is 0.321 e. The largest absolute Gasteiger partial charge is 0.393 e. The molecule has 0 bridgehead atoms.